The molecule has 13 heavy (non-hydrogen) atoms. The number of rotatable bonds is 7. The van der Waals surface area contributed by atoms with Crippen molar-refractivity contribution in [1.29, 1.82) is 0 Å². The number of nitrogens with zero attached hydrogens (tertiary/aromatic N) is 1. The Morgan fingerprint density at radius 3 is 2.08 bits per heavy atom. The first-order valence-corrected chi connectivity index (χ1v) is 6.55. The van der Waals surface area contributed by atoms with Crippen LogP contribution in [0.25, 0.3) is 0 Å². The first-order valence-electron chi connectivity index (χ1n) is 5.33. The Hall–Kier alpha value is 0.310. The summed E-state index contributed by atoms with van der Waals surface area (Å²) >= 11 is 1.98. The van der Waals surface area contributed by atoms with Crippen LogP contribution < -0.4 is 0 Å². The van der Waals surface area contributed by atoms with Gasteiger partial charge in [0.15, 0.2) is 0 Å². The number of thioether (sulfide) groups is 1. The predicted molar refractivity (Wildman–Crippen MR) is 64.6 cm³/mol. The molecule has 0 aromatic rings. The Bertz CT molecular complexity index is 119. The second-order valence-electron chi connectivity index (χ2n) is 4.09. The van der Waals surface area contributed by atoms with Crippen molar-refractivity contribution < 1.29 is 0 Å². The zero-order valence-corrected chi connectivity index (χ0v) is 10.7. The molecule has 0 atom stereocenters. The zero-order chi connectivity index (χ0) is 10.3. The van der Waals surface area contributed by atoms with Crippen molar-refractivity contribution in [3.8, 4) is 0 Å². The molecule has 80 valence electrons. The van der Waals surface area contributed by atoms with E-state index >= 15 is 0 Å². The highest BCUT2D eigenvalue weighted by Gasteiger charge is 2.15. The van der Waals surface area contributed by atoms with Crippen LogP contribution >= 0.6 is 11.8 Å². The summed E-state index contributed by atoms with van der Waals surface area (Å²) in [5.41, 5.74) is 0. The number of hydrogen-bond acceptors (Lipinski definition) is 2. The lowest BCUT2D eigenvalue weighted by Crippen LogP contribution is -2.25. The molecule has 0 N–H and O–H groups in total. The van der Waals surface area contributed by atoms with Crippen LogP contribution in [-0.4, -0.2) is 35.5 Å². The van der Waals surface area contributed by atoms with Crippen LogP contribution in [0.5, 0.6) is 0 Å². The van der Waals surface area contributed by atoms with Crippen LogP contribution in [0.2, 0.25) is 0 Å². The van der Waals surface area contributed by atoms with Gasteiger partial charge in [0.1, 0.15) is 0 Å². The summed E-state index contributed by atoms with van der Waals surface area (Å²) in [4.78, 5) is 2.50. The second kappa shape index (κ2) is 6.72. The fraction of sp³-hybridized carbons (Fsp3) is 1.00. The first-order chi connectivity index (χ1) is 6.05. The minimum atomic E-state index is 0.465. The molecule has 0 saturated carbocycles. The minimum absolute atomic E-state index is 0.465. The van der Waals surface area contributed by atoms with Crippen LogP contribution in [0.3, 0.4) is 0 Å². The standard InChI is InChI=1S/C11H25NS/c1-6-12(7-2)10-8-9-11(3,4)13-5/h6-10H2,1-5H3. The van der Waals surface area contributed by atoms with E-state index in [9.17, 15) is 0 Å². The Balaban J connectivity index is 3.54. The summed E-state index contributed by atoms with van der Waals surface area (Å²) in [7, 11) is 0. The van der Waals surface area contributed by atoms with Gasteiger partial charge in [0.05, 0.1) is 0 Å². The molecule has 0 aliphatic carbocycles. The van der Waals surface area contributed by atoms with E-state index < -0.39 is 0 Å². The summed E-state index contributed by atoms with van der Waals surface area (Å²) in [5, 5.41) is 0. The fourth-order valence-corrected chi connectivity index (χ4v) is 1.72. The molecule has 0 aliphatic rings. The van der Waals surface area contributed by atoms with Gasteiger partial charge in [0.2, 0.25) is 0 Å². The van der Waals surface area contributed by atoms with Crippen molar-refractivity contribution in [3.63, 3.8) is 0 Å². The summed E-state index contributed by atoms with van der Waals surface area (Å²) in [5.74, 6) is 0. The molecule has 2 heteroatoms. The molecule has 0 bridgehead atoms. The lowest BCUT2D eigenvalue weighted by molar-refractivity contribution is 0.293. The van der Waals surface area contributed by atoms with Crippen LogP contribution in [0.4, 0.5) is 0 Å². The van der Waals surface area contributed by atoms with Crippen LogP contribution in [0.15, 0.2) is 0 Å². The molecule has 0 amide bonds. The van der Waals surface area contributed by atoms with E-state index in [-0.39, 0.29) is 0 Å². The van der Waals surface area contributed by atoms with Gasteiger partial charge < -0.3 is 4.90 Å². The van der Waals surface area contributed by atoms with Crippen molar-refractivity contribution >= 4 is 11.8 Å². The van der Waals surface area contributed by atoms with Gasteiger partial charge >= 0.3 is 0 Å². The van der Waals surface area contributed by atoms with Gasteiger partial charge in [-0.3, -0.25) is 0 Å². The van der Waals surface area contributed by atoms with Gasteiger partial charge in [0.25, 0.3) is 0 Å². The molecule has 0 aromatic heterocycles. The molecule has 0 unspecified atom stereocenters. The molecule has 0 aromatic carbocycles. The topological polar surface area (TPSA) is 3.24 Å². The molecule has 0 fully saturated rings. The van der Waals surface area contributed by atoms with Crippen molar-refractivity contribution in [3.05, 3.63) is 0 Å². The molecule has 0 aliphatic heterocycles. The summed E-state index contributed by atoms with van der Waals surface area (Å²) < 4.78 is 0.465. The average Bonchev–Trinajstić information content (AvgIpc) is 2.12. The SMILES string of the molecule is CCN(CC)CCCC(C)(C)SC. The molecular formula is C11H25NS. The second-order valence-corrected chi connectivity index (χ2v) is 5.61. The molecule has 0 rings (SSSR count). The van der Waals surface area contributed by atoms with Gasteiger partial charge in [-0.25, -0.2) is 0 Å². The van der Waals surface area contributed by atoms with Gasteiger partial charge in [-0.1, -0.05) is 27.7 Å². The van der Waals surface area contributed by atoms with E-state index in [0.29, 0.717) is 4.75 Å². The Morgan fingerprint density at radius 1 is 1.15 bits per heavy atom. The van der Waals surface area contributed by atoms with E-state index in [1.807, 2.05) is 11.8 Å². The molecule has 0 heterocycles. The lowest BCUT2D eigenvalue weighted by atomic mass is 10.1. The normalized spacial score (nSPS) is 12.5. The van der Waals surface area contributed by atoms with Crippen molar-refractivity contribution in [2.24, 2.45) is 0 Å². The highest BCUT2D eigenvalue weighted by molar-refractivity contribution is 7.99. The van der Waals surface area contributed by atoms with Gasteiger partial charge in [-0.15, -0.1) is 0 Å². The molecule has 0 spiro atoms. The van der Waals surface area contributed by atoms with E-state index in [2.05, 4.69) is 38.9 Å². The number of hydrogen-bond donors (Lipinski definition) is 0. The summed E-state index contributed by atoms with van der Waals surface area (Å²) in [6, 6.07) is 0. The largest absolute Gasteiger partial charge is 0.304 e. The highest BCUT2D eigenvalue weighted by atomic mass is 32.2. The van der Waals surface area contributed by atoms with Crippen molar-refractivity contribution in [1.82, 2.24) is 4.90 Å². The van der Waals surface area contributed by atoms with Crippen molar-refractivity contribution in [2.45, 2.75) is 45.3 Å². The van der Waals surface area contributed by atoms with Gasteiger partial charge in [0, 0.05) is 4.75 Å². The fourth-order valence-electron chi connectivity index (χ4n) is 1.37. The van der Waals surface area contributed by atoms with E-state index in [4.69, 9.17) is 0 Å². The smallest absolute Gasteiger partial charge is 0.0101 e. The van der Waals surface area contributed by atoms with Gasteiger partial charge in [-0.05, 0) is 38.7 Å². The quantitative estimate of drug-likeness (QED) is 0.625. The molecular weight excluding hydrogens is 178 g/mol. The van der Waals surface area contributed by atoms with Crippen LogP contribution in [-0.2, 0) is 0 Å². The lowest BCUT2D eigenvalue weighted by Gasteiger charge is -2.24. The van der Waals surface area contributed by atoms with Crippen LogP contribution in [0.1, 0.15) is 40.5 Å². The third kappa shape index (κ3) is 6.39. The Kier molecular flexibility index (Phi) is 6.88. The summed E-state index contributed by atoms with van der Waals surface area (Å²) in [6.45, 7) is 12.8. The predicted octanol–water partition coefficient (Wildman–Crippen LogP) is 3.25. The Labute approximate surface area is 88.3 Å². The maximum atomic E-state index is 2.50. The monoisotopic (exact) mass is 203 g/mol. The van der Waals surface area contributed by atoms with E-state index in [1.54, 1.807) is 0 Å². The third-order valence-electron chi connectivity index (χ3n) is 2.70. The minimum Gasteiger partial charge on any atom is -0.304 e. The molecule has 0 radical (unpaired) electrons. The highest BCUT2D eigenvalue weighted by Crippen LogP contribution is 2.26. The summed E-state index contributed by atoms with van der Waals surface area (Å²) in [6.07, 6.45) is 4.86. The first kappa shape index (κ1) is 13.3. The maximum absolute atomic E-state index is 2.50. The van der Waals surface area contributed by atoms with E-state index in [0.717, 1.165) is 0 Å². The zero-order valence-electron chi connectivity index (χ0n) is 9.89. The Morgan fingerprint density at radius 2 is 1.69 bits per heavy atom. The maximum Gasteiger partial charge on any atom is 0.0101 e. The third-order valence-corrected chi connectivity index (χ3v) is 4.01. The molecule has 0 saturated heterocycles. The van der Waals surface area contributed by atoms with Crippen LogP contribution in [0, 0.1) is 0 Å². The van der Waals surface area contributed by atoms with E-state index in [1.165, 1.54) is 32.5 Å². The average molecular weight is 203 g/mol. The molecule has 1 nitrogen and oxygen atoms in total. The van der Waals surface area contributed by atoms with Gasteiger partial charge in [-0.2, -0.15) is 11.8 Å². The van der Waals surface area contributed by atoms with Crippen molar-refractivity contribution in [2.75, 3.05) is 25.9 Å².